The van der Waals surface area contributed by atoms with Gasteiger partial charge in [-0.05, 0) is 0 Å². The summed E-state index contributed by atoms with van der Waals surface area (Å²) in [7, 11) is 0. The molecule has 0 aromatic heterocycles. The summed E-state index contributed by atoms with van der Waals surface area (Å²) in [6.07, 6.45) is 0. The van der Waals surface area contributed by atoms with Gasteiger partial charge in [-0.1, -0.05) is 0 Å². The van der Waals surface area contributed by atoms with Crippen LogP contribution in [0.5, 0.6) is 0 Å². The fourth-order valence-electron chi connectivity index (χ4n) is 0.321. The second kappa shape index (κ2) is 16.3. The van der Waals surface area contributed by atoms with Crippen molar-refractivity contribution in [2.75, 3.05) is 0 Å². The standard InChI is InChI=1S/C5H5.3BrH.Zr/c1-2-4-5-3-1;;;;/h1-5H;3*1H;/q-1;;;;+4/p-3. The Labute approximate surface area is 106 Å². The Hall–Kier alpha value is 1.67. The zero-order valence-electron chi connectivity index (χ0n) is 4.52. The Balaban J connectivity index is -0.0000000312. The van der Waals surface area contributed by atoms with E-state index in [0.717, 1.165) is 0 Å². The zero-order valence-corrected chi connectivity index (χ0v) is 11.7. The van der Waals surface area contributed by atoms with Crippen LogP contribution in [-0.2, 0) is 26.2 Å². The maximum Gasteiger partial charge on any atom is 4.00 e. The number of rotatable bonds is 0. The van der Waals surface area contributed by atoms with E-state index in [-0.39, 0.29) is 77.1 Å². The largest absolute Gasteiger partial charge is 4.00 e. The predicted octanol–water partition coefficient (Wildman–Crippen LogP) is -7.59. The van der Waals surface area contributed by atoms with Crippen LogP contribution in [-0.4, -0.2) is 0 Å². The van der Waals surface area contributed by atoms with Gasteiger partial charge in [-0.2, -0.15) is 18.2 Å². The van der Waals surface area contributed by atoms with Crippen LogP contribution in [0.25, 0.3) is 0 Å². The third-order valence-corrected chi connectivity index (χ3v) is 0.556. The average molecular weight is 396 g/mol. The molecule has 0 saturated heterocycles. The molecule has 0 spiro atoms. The molecule has 0 nitrogen and oxygen atoms in total. The Morgan fingerprint density at radius 2 is 1.11 bits per heavy atom. The van der Waals surface area contributed by atoms with Crippen molar-refractivity contribution in [1.29, 1.82) is 0 Å². The smallest absolute Gasteiger partial charge is 1.00 e. The van der Waals surface area contributed by atoms with Crippen LogP contribution < -0.4 is 50.9 Å². The molecule has 0 aliphatic heterocycles. The summed E-state index contributed by atoms with van der Waals surface area (Å²) in [5.74, 6) is 0. The first-order valence-electron chi connectivity index (χ1n) is 1.67. The molecule has 0 heterocycles. The van der Waals surface area contributed by atoms with Crippen LogP contribution in [0.15, 0.2) is 30.3 Å². The minimum Gasteiger partial charge on any atom is -1.00 e. The molecule has 0 saturated carbocycles. The molecular formula is C5H5Br3Zr. The molecular weight excluding hydrogens is 391 g/mol. The summed E-state index contributed by atoms with van der Waals surface area (Å²) in [6.45, 7) is 0. The van der Waals surface area contributed by atoms with Gasteiger partial charge >= 0.3 is 26.2 Å². The molecule has 1 rings (SSSR count). The number of hydrogen-bond acceptors (Lipinski definition) is 0. The van der Waals surface area contributed by atoms with Gasteiger partial charge in [0, 0.05) is 0 Å². The van der Waals surface area contributed by atoms with Crippen LogP contribution in [0.3, 0.4) is 0 Å². The summed E-state index contributed by atoms with van der Waals surface area (Å²) >= 11 is 0. The van der Waals surface area contributed by atoms with E-state index in [1.807, 2.05) is 30.3 Å². The molecule has 1 aromatic rings. The van der Waals surface area contributed by atoms with Crippen molar-refractivity contribution in [2.24, 2.45) is 0 Å². The van der Waals surface area contributed by atoms with Gasteiger partial charge in [-0.15, -0.1) is 0 Å². The van der Waals surface area contributed by atoms with Crippen molar-refractivity contribution in [3.63, 3.8) is 0 Å². The maximum absolute atomic E-state index is 2.00. The third kappa shape index (κ3) is 12.8. The van der Waals surface area contributed by atoms with E-state index in [9.17, 15) is 0 Å². The summed E-state index contributed by atoms with van der Waals surface area (Å²) in [6, 6.07) is 10.0. The van der Waals surface area contributed by atoms with E-state index in [1.54, 1.807) is 0 Å². The minimum absolute atomic E-state index is 0. The molecule has 0 radical (unpaired) electrons. The van der Waals surface area contributed by atoms with Crippen molar-refractivity contribution in [3.8, 4) is 0 Å². The Kier molecular flexibility index (Phi) is 40.7. The monoisotopic (exact) mass is 392 g/mol. The molecule has 50 valence electrons. The van der Waals surface area contributed by atoms with Crippen molar-refractivity contribution in [1.82, 2.24) is 0 Å². The molecule has 4 heteroatoms. The molecule has 0 fully saturated rings. The van der Waals surface area contributed by atoms with E-state index in [4.69, 9.17) is 0 Å². The van der Waals surface area contributed by atoms with Gasteiger partial charge in [0.2, 0.25) is 0 Å². The Morgan fingerprint density at radius 1 is 0.778 bits per heavy atom. The van der Waals surface area contributed by atoms with Gasteiger partial charge < -0.3 is 50.9 Å². The first kappa shape index (κ1) is 22.4. The van der Waals surface area contributed by atoms with Gasteiger partial charge in [0.25, 0.3) is 0 Å². The van der Waals surface area contributed by atoms with Crippen molar-refractivity contribution >= 4 is 0 Å². The Morgan fingerprint density at radius 3 is 1.22 bits per heavy atom. The molecule has 0 atom stereocenters. The first-order chi connectivity index (χ1) is 2.50. The summed E-state index contributed by atoms with van der Waals surface area (Å²) < 4.78 is 0. The fraction of sp³-hybridized carbons (Fsp3) is 0. The van der Waals surface area contributed by atoms with E-state index in [1.165, 1.54) is 0 Å². The summed E-state index contributed by atoms with van der Waals surface area (Å²) in [5, 5.41) is 0. The molecule has 0 bridgehead atoms. The molecule has 9 heavy (non-hydrogen) atoms. The Bertz CT molecular complexity index is 68.7. The van der Waals surface area contributed by atoms with Gasteiger partial charge in [0.15, 0.2) is 0 Å². The van der Waals surface area contributed by atoms with Crippen molar-refractivity contribution < 1.29 is 77.1 Å². The number of halogens is 3. The molecule has 1 aromatic carbocycles. The van der Waals surface area contributed by atoms with Gasteiger partial charge in [-0.3, -0.25) is 0 Å². The molecule has 0 aliphatic carbocycles. The van der Waals surface area contributed by atoms with Crippen LogP contribution in [0.1, 0.15) is 0 Å². The van der Waals surface area contributed by atoms with E-state index in [2.05, 4.69) is 0 Å². The summed E-state index contributed by atoms with van der Waals surface area (Å²) in [4.78, 5) is 0. The molecule has 0 N–H and O–H groups in total. The third-order valence-electron chi connectivity index (χ3n) is 0.556. The maximum atomic E-state index is 2.00. The molecule has 0 aliphatic rings. The average Bonchev–Trinajstić information content (AvgIpc) is 1.76. The quantitative estimate of drug-likeness (QED) is 0.383. The van der Waals surface area contributed by atoms with Gasteiger partial charge in [0.05, 0.1) is 0 Å². The SMILES string of the molecule is [Br-].[Br-].[Br-].[Zr+4].c1cc[cH-]c1. The topological polar surface area (TPSA) is 0 Å². The second-order valence-corrected chi connectivity index (χ2v) is 0.962. The fourth-order valence-corrected chi connectivity index (χ4v) is 0.321. The normalized spacial score (nSPS) is 4.44. The van der Waals surface area contributed by atoms with Crippen LogP contribution in [0, 0.1) is 0 Å². The van der Waals surface area contributed by atoms with Gasteiger partial charge in [-0.25, -0.2) is 12.1 Å². The number of hydrogen-bond donors (Lipinski definition) is 0. The van der Waals surface area contributed by atoms with Gasteiger partial charge in [0.1, 0.15) is 0 Å². The minimum atomic E-state index is 0. The molecule has 0 amide bonds. The van der Waals surface area contributed by atoms with E-state index >= 15 is 0 Å². The van der Waals surface area contributed by atoms with Crippen molar-refractivity contribution in [2.45, 2.75) is 0 Å². The summed E-state index contributed by atoms with van der Waals surface area (Å²) in [5.41, 5.74) is 0. The molecule has 0 unspecified atom stereocenters. The van der Waals surface area contributed by atoms with Crippen LogP contribution in [0.4, 0.5) is 0 Å². The first-order valence-corrected chi connectivity index (χ1v) is 1.67. The van der Waals surface area contributed by atoms with E-state index in [0.29, 0.717) is 0 Å². The van der Waals surface area contributed by atoms with Crippen molar-refractivity contribution in [3.05, 3.63) is 30.3 Å². The van der Waals surface area contributed by atoms with E-state index < -0.39 is 0 Å². The predicted molar refractivity (Wildman–Crippen MR) is 22.0 cm³/mol. The zero-order chi connectivity index (χ0) is 3.54. The second-order valence-electron chi connectivity index (χ2n) is 0.962. The van der Waals surface area contributed by atoms with Crippen LogP contribution >= 0.6 is 0 Å². The van der Waals surface area contributed by atoms with Crippen LogP contribution in [0.2, 0.25) is 0 Å².